The average Bonchev–Trinajstić information content (AvgIpc) is 3.05. The molecular formula is C17H34N4O. The third-order valence-corrected chi connectivity index (χ3v) is 4.50. The van der Waals surface area contributed by atoms with Gasteiger partial charge in [-0.05, 0) is 32.1 Å². The van der Waals surface area contributed by atoms with Gasteiger partial charge < -0.3 is 15.0 Å². The molecular weight excluding hydrogens is 276 g/mol. The first kappa shape index (κ1) is 17.5. The third kappa shape index (κ3) is 5.43. The smallest absolute Gasteiger partial charge is 0.193 e. The minimum Gasteiger partial charge on any atom is -0.379 e. The molecule has 2 heterocycles. The van der Waals surface area contributed by atoms with Gasteiger partial charge in [0.25, 0.3) is 0 Å². The number of hydrogen-bond donors (Lipinski definition) is 1. The SMILES string of the molecule is CCNC(=NCC(CC(C)C)N1CCOCC1)N1CCCC1. The molecule has 2 aliphatic rings. The van der Waals surface area contributed by atoms with Crippen LogP contribution in [0.3, 0.4) is 0 Å². The number of nitrogens with one attached hydrogen (secondary N) is 1. The summed E-state index contributed by atoms with van der Waals surface area (Å²) in [7, 11) is 0. The van der Waals surface area contributed by atoms with Gasteiger partial charge in [0.1, 0.15) is 0 Å². The summed E-state index contributed by atoms with van der Waals surface area (Å²) in [5.41, 5.74) is 0. The largest absolute Gasteiger partial charge is 0.379 e. The van der Waals surface area contributed by atoms with E-state index < -0.39 is 0 Å². The third-order valence-electron chi connectivity index (χ3n) is 4.50. The van der Waals surface area contributed by atoms with E-state index in [4.69, 9.17) is 9.73 Å². The Labute approximate surface area is 136 Å². The molecule has 0 aromatic rings. The van der Waals surface area contributed by atoms with Crippen molar-refractivity contribution in [2.45, 2.75) is 46.1 Å². The zero-order chi connectivity index (χ0) is 15.8. The van der Waals surface area contributed by atoms with Gasteiger partial charge in [-0.1, -0.05) is 13.8 Å². The van der Waals surface area contributed by atoms with Crippen molar-refractivity contribution < 1.29 is 4.74 Å². The topological polar surface area (TPSA) is 40.1 Å². The number of likely N-dealkylation sites (tertiary alicyclic amines) is 1. The summed E-state index contributed by atoms with van der Waals surface area (Å²) >= 11 is 0. The molecule has 0 amide bonds. The van der Waals surface area contributed by atoms with Gasteiger partial charge in [-0.15, -0.1) is 0 Å². The van der Waals surface area contributed by atoms with E-state index in [1.165, 1.54) is 19.3 Å². The van der Waals surface area contributed by atoms with E-state index in [2.05, 4.69) is 35.9 Å². The maximum absolute atomic E-state index is 5.50. The number of rotatable bonds is 6. The number of guanidine groups is 1. The van der Waals surface area contributed by atoms with Gasteiger partial charge in [-0.2, -0.15) is 0 Å². The lowest BCUT2D eigenvalue weighted by Crippen LogP contribution is -2.46. The monoisotopic (exact) mass is 310 g/mol. The highest BCUT2D eigenvalue weighted by molar-refractivity contribution is 5.80. The Hall–Kier alpha value is -0.810. The van der Waals surface area contributed by atoms with Crippen LogP contribution in [0.2, 0.25) is 0 Å². The van der Waals surface area contributed by atoms with E-state index in [1.807, 2.05) is 0 Å². The molecule has 1 unspecified atom stereocenters. The van der Waals surface area contributed by atoms with E-state index in [-0.39, 0.29) is 0 Å². The molecule has 0 radical (unpaired) electrons. The lowest BCUT2D eigenvalue weighted by atomic mass is 10.0. The lowest BCUT2D eigenvalue weighted by Gasteiger charge is -2.35. The molecule has 2 saturated heterocycles. The van der Waals surface area contributed by atoms with Crippen molar-refractivity contribution >= 4 is 5.96 Å². The first-order chi connectivity index (χ1) is 10.7. The maximum Gasteiger partial charge on any atom is 0.193 e. The van der Waals surface area contributed by atoms with Crippen molar-refractivity contribution in [2.75, 3.05) is 52.5 Å². The fraction of sp³-hybridized carbons (Fsp3) is 0.941. The second-order valence-corrected chi connectivity index (χ2v) is 6.82. The zero-order valence-corrected chi connectivity index (χ0v) is 14.7. The molecule has 0 aliphatic carbocycles. The Morgan fingerprint density at radius 2 is 1.82 bits per heavy atom. The van der Waals surface area contributed by atoms with Gasteiger partial charge in [-0.3, -0.25) is 9.89 Å². The molecule has 0 spiro atoms. The van der Waals surface area contributed by atoms with Crippen LogP contribution in [0.4, 0.5) is 0 Å². The Kier molecular flexibility index (Phi) is 7.46. The van der Waals surface area contributed by atoms with Crippen LogP contribution in [-0.4, -0.2) is 74.3 Å². The lowest BCUT2D eigenvalue weighted by molar-refractivity contribution is 0.0142. The van der Waals surface area contributed by atoms with E-state index >= 15 is 0 Å². The number of morpholine rings is 1. The van der Waals surface area contributed by atoms with Crippen molar-refractivity contribution in [1.29, 1.82) is 0 Å². The molecule has 128 valence electrons. The van der Waals surface area contributed by atoms with Crippen LogP contribution < -0.4 is 5.32 Å². The molecule has 2 aliphatic heterocycles. The number of nitrogens with zero attached hydrogens (tertiary/aromatic N) is 3. The van der Waals surface area contributed by atoms with Crippen LogP contribution in [0.1, 0.15) is 40.0 Å². The summed E-state index contributed by atoms with van der Waals surface area (Å²) < 4.78 is 5.50. The number of hydrogen-bond acceptors (Lipinski definition) is 3. The minimum absolute atomic E-state index is 0.542. The summed E-state index contributed by atoms with van der Waals surface area (Å²) in [4.78, 5) is 9.95. The molecule has 1 atom stereocenters. The van der Waals surface area contributed by atoms with Crippen molar-refractivity contribution in [3.05, 3.63) is 0 Å². The quantitative estimate of drug-likeness (QED) is 0.600. The molecule has 2 fully saturated rings. The second kappa shape index (κ2) is 9.36. The molecule has 1 N–H and O–H groups in total. The second-order valence-electron chi connectivity index (χ2n) is 6.82. The molecule has 22 heavy (non-hydrogen) atoms. The maximum atomic E-state index is 5.50. The average molecular weight is 310 g/mol. The van der Waals surface area contributed by atoms with Gasteiger partial charge >= 0.3 is 0 Å². The Morgan fingerprint density at radius 1 is 1.14 bits per heavy atom. The molecule has 0 saturated carbocycles. The standard InChI is InChI=1S/C17H34N4O/c1-4-18-17(21-7-5-6-8-21)19-14-16(13-15(2)3)20-9-11-22-12-10-20/h15-16H,4-14H2,1-3H3,(H,18,19). The van der Waals surface area contributed by atoms with Crippen molar-refractivity contribution in [3.8, 4) is 0 Å². The van der Waals surface area contributed by atoms with Crippen molar-refractivity contribution in [3.63, 3.8) is 0 Å². The highest BCUT2D eigenvalue weighted by Gasteiger charge is 2.23. The summed E-state index contributed by atoms with van der Waals surface area (Å²) in [5.74, 6) is 1.82. The fourth-order valence-corrected chi connectivity index (χ4v) is 3.37. The van der Waals surface area contributed by atoms with Gasteiger partial charge in [0, 0.05) is 38.8 Å². The fourth-order valence-electron chi connectivity index (χ4n) is 3.37. The highest BCUT2D eigenvalue weighted by Crippen LogP contribution is 2.15. The Balaban J connectivity index is 1.97. The molecule has 2 rings (SSSR count). The van der Waals surface area contributed by atoms with Crippen molar-refractivity contribution in [2.24, 2.45) is 10.9 Å². The van der Waals surface area contributed by atoms with Crippen LogP contribution in [0.25, 0.3) is 0 Å². The van der Waals surface area contributed by atoms with Gasteiger partial charge in [-0.25, -0.2) is 0 Å². The zero-order valence-electron chi connectivity index (χ0n) is 14.7. The van der Waals surface area contributed by atoms with Crippen LogP contribution in [0.15, 0.2) is 4.99 Å². The molecule has 5 nitrogen and oxygen atoms in total. The number of ether oxygens (including phenoxy) is 1. The van der Waals surface area contributed by atoms with Gasteiger partial charge in [0.15, 0.2) is 5.96 Å². The Bertz CT molecular complexity index is 334. The first-order valence-corrected chi connectivity index (χ1v) is 9.05. The summed E-state index contributed by atoms with van der Waals surface area (Å²) in [6, 6.07) is 0.542. The normalized spacial score (nSPS) is 22.4. The summed E-state index contributed by atoms with van der Waals surface area (Å²) in [6.07, 6.45) is 3.80. The van der Waals surface area contributed by atoms with Crippen LogP contribution in [0, 0.1) is 5.92 Å². The van der Waals surface area contributed by atoms with E-state index in [0.29, 0.717) is 12.0 Å². The minimum atomic E-state index is 0.542. The van der Waals surface area contributed by atoms with E-state index in [0.717, 1.165) is 58.4 Å². The van der Waals surface area contributed by atoms with Crippen molar-refractivity contribution in [1.82, 2.24) is 15.1 Å². The molecule has 0 aromatic carbocycles. The Morgan fingerprint density at radius 3 is 2.41 bits per heavy atom. The predicted octanol–water partition coefficient (Wildman–Crippen LogP) is 1.79. The van der Waals surface area contributed by atoms with E-state index in [9.17, 15) is 0 Å². The van der Waals surface area contributed by atoms with Crippen LogP contribution in [0.5, 0.6) is 0 Å². The first-order valence-electron chi connectivity index (χ1n) is 9.05. The van der Waals surface area contributed by atoms with E-state index in [1.54, 1.807) is 0 Å². The van der Waals surface area contributed by atoms with Crippen LogP contribution >= 0.6 is 0 Å². The predicted molar refractivity (Wildman–Crippen MR) is 92.4 cm³/mol. The van der Waals surface area contributed by atoms with Gasteiger partial charge in [0.05, 0.1) is 19.8 Å². The molecule has 0 bridgehead atoms. The van der Waals surface area contributed by atoms with Gasteiger partial charge in [0.2, 0.25) is 0 Å². The molecule has 0 aromatic heterocycles. The van der Waals surface area contributed by atoms with Crippen LogP contribution in [-0.2, 0) is 4.74 Å². The highest BCUT2D eigenvalue weighted by atomic mass is 16.5. The summed E-state index contributed by atoms with van der Waals surface area (Å²) in [5, 5.41) is 3.47. The summed E-state index contributed by atoms with van der Waals surface area (Å²) in [6.45, 7) is 14.7. The molecule has 5 heteroatoms. The number of aliphatic imine (C=N–C) groups is 1.